The predicted octanol–water partition coefficient (Wildman–Crippen LogP) is 2.56. The Bertz CT molecular complexity index is 714. The second kappa shape index (κ2) is 9.32. The quantitative estimate of drug-likeness (QED) is 0.673. The molecule has 1 aliphatic heterocycles. The van der Waals surface area contributed by atoms with Crippen LogP contribution in [0.4, 0.5) is 0 Å². The number of aromatic nitrogens is 2. The van der Waals surface area contributed by atoms with Gasteiger partial charge in [-0.05, 0) is 43.7 Å². The number of benzene rings is 1. The first kappa shape index (κ1) is 18.4. The molecule has 0 unspecified atom stereocenters. The van der Waals surface area contributed by atoms with Gasteiger partial charge in [0.2, 0.25) is 11.7 Å². The van der Waals surface area contributed by atoms with Gasteiger partial charge in [-0.15, -0.1) is 0 Å². The highest BCUT2D eigenvalue weighted by molar-refractivity contribution is 5.55. The summed E-state index contributed by atoms with van der Waals surface area (Å²) in [7, 11) is 1.65. The minimum atomic E-state index is 0.610. The first-order valence-electron chi connectivity index (χ1n) is 9.07. The molecule has 7 heteroatoms. The zero-order valence-corrected chi connectivity index (χ0v) is 15.2. The summed E-state index contributed by atoms with van der Waals surface area (Å²) in [5, 5.41) is 12.7. The maximum Gasteiger partial charge on any atom is 0.241 e. The van der Waals surface area contributed by atoms with Crippen LogP contribution in [0.3, 0.4) is 0 Å². The summed E-state index contributed by atoms with van der Waals surface area (Å²) in [6, 6.07) is 9.84. The van der Waals surface area contributed by atoms with Crippen molar-refractivity contribution in [3.05, 3.63) is 30.2 Å². The van der Waals surface area contributed by atoms with E-state index in [0.717, 1.165) is 56.9 Å². The van der Waals surface area contributed by atoms with Gasteiger partial charge in [-0.25, -0.2) is 0 Å². The van der Waals surface area contributed by atoms with Gasteiger partial charge in [-0.1, -0.05) is 5.16 Å². The standard InChI is InChI=1S/C19H25N5O2/c1-25-17-7-5-16(6-8-17)19-21-18(26-22-19)15-24-13-11-23(12-14-24)10-4-2-3-9-20/h5-8H,2-4,10-15H2,1H3. The number of methoxy groups -OCH3 is 1. The maximum absolute atomic E-state index is 8.58. The number of nitrogens with zero attached hydrogens (tertiary/aromatic N) is 5. The highest BCUT2D eigenvalue weighted by Crippen LogP contribution is 2.20. The summed E-state index contributed by atoms with van der Waals surface area (Å²) in [6.07, 6.45) is 2.75. The monoisotopic (exact) mass is 355 g/mol. The summed E-state index contributed by atoms with van der Waals surface area (Å²) in [5.41, 5.74) is 0.919. The van der Waals surface area contributed by atoms with Crippen LogP contribution in [-0.2, 0) is 6.54 Å². The van der Waals surface area contributed by atoms with Crippen molar-refractivity contribution in [1.82, 2.24) is 19.9 Å². The van der Waals surface area contributed by atoms with Crippen LogP contribution in [0.5, 0.6) is 5.75 Å². The third-order valence-electron chi connectivity index (χ3n) is 4.65. The molecule has 0 N–H and O–H groups in total. The predicted molar refractivity (Wildman–Crippen MR) is 97.5 cm³/mol. The maximum atomic E-state index is 8.58. The summed E-state index contributed by atoms with van der Waals surface area (Å²) in [4.78, 5) is 9.32. The molecule has 138 valence electrons. The van der Waals surface area contributed by atoms with Gasteiger partial charge in [0, 0.05) is 38.2 Å². The lowest BCUT2D eigenvalue weighted by atomic mass is 10.2. The van der Waals surface area contributed by atoms with E-state index in [4.69, 9.17) is 14.5 Å². The second-order valence-corrected chi connectivity index (χ2v) is 6.47. The lowest BCUT2D eigenvalue weighted by molar-refractivity contribution is 0.115. The molecule has 0 radical (unpaired) electrons. The van der Waals surface area contributed by atoms with Crippen molar-refractivity contribution in [3.8, 4) is 23.2 Å². The molecule has 1 aromatic carbocycles. The highest BCUT2D eigenvalue weighted by atomic mass is 16.5. The molecule has 1 aromatic heterocycles. The van der Waals surface area contributed by atoms with Gasteiger partial charge in [-0.3, -0.25) is 4.90 Å². The number of nitriles is 1. The third-order valence-corrected chi connectivity index (χ3v) is 4.65. The third kappa shape index (κ3) is 5.04. The van der Waals surface area contributed by atoms with Gasteiger partial charge < -0.3 is 14.2 Å². The number of piperazine rings is 1. The van der Waals surface area contributed by atoms with Crippen LogP contribution in [0, 0.1) is 11.3 Å². The van der Waals surface area contributed by atoms with Gasteiger partial charge in [0.1, 0.15) is 5.75 Å². The molecule has 3 rings (SSSR count). The molecule has 0 spiro atoms. The van der Waals surface area contributed by atoms with Crippen molar-refractivity contribution in [3.63, 3.8) is 0 Å². The van der Waals surface area contributed by atoms with Gasteiger partial charge in [0.05, 0.1) is 19.7 Å². The van der Waals surface area contributed by atoms with Crippen molar-refractivity contribution in [2.24, 2.45) is 0 Å². The molecule has 26 heavy (non-hydrogen) atoms. The fourth-order valence-corrected chi connectivity index (χ4v) is 3.08. The Balaban J connectivity index is 1.45. The molecule has 2 aromatic rings. The smallest absolute Gasteiger partial charge is 0.241 e. The molecule has 1 fully saturated rings. The normalized spacial score (nSPS) is 15.7. The Morgan fingerprint density at radius 2 is 1.85 bits per heavy atom. The van der Waals surface area contributed by atoms with E-state index < -0.39 is 0 Å². The van der Waals surface area contributed by atoms with Crippen molar-refractivity contribution >= 4 is 0 Å². The summed E-state index contributed by atoms with van der Waals surface area (Å²) >= 11 is 0. The zero-order valence-electron chi connectivity index (χ0n) is 15.2. The van der Waals surface area contributed by atoms with Crippen LogP contribution in [0.15, 0.2) is 28.8 Å². The van der Waals surface area contributed by atoms with Crippen molar-refractivity contribution in [2.75, 3.05) is 39.8 Å². The Morgan fingerprint density at radius 3 is 2.54 bits per heavy atom. The average Bonchev–Trinajstić information content (AvgIpc) is 3.15. The minimum Gasteiger partial charge on any atom is -0.497 e. The molecule has 1 saturated heterocycles. The molecule has 7 nitrogen and oxygen atoms in total. The molecule has 1 aliphatic rings. The summed E-state index contributed by atoms with van der Waals surface area (Å²) in [5.74, 6) is 2.07. The Labute approximate surface area is 154 Å². The zero-order chi connectivity index (χ0) is 18.2. The molecular weight excluding hydrogens is 330 g/mol. The lowest BCUT2D eigenvalue weighted by Gasteiger charge is -2.33. The number of rotatable bonds is 8. The van der Waals surface area contributed by atoms with Crippen LogP contribution < -0.4 is 4.74 Å². The second-order valence-electron chi connectivity index (χ2n) is 6.47. The Hall–Kier alpha value is -2.43. The van der Waals surface area contributed by atoms with E-state index in [-0.39, 0.29) is 0 Å². The number of hydrogen-bond acceptors (Lipinski definition) is 7. The van der Waals surface area contributed by atoms with Crippen molar-refractivity contribution in [1.29, 1.82) is 5.26 Å². The first-order chi connectivity index (χ1) is 12.8. The van der Waals surface area contributed by atoms with E-state index in [1.807, 2.05) is 24.3 Å². The first-order valence-corrected chi connectivity index (χ1v) is 9.07. The van der Waals surface area contributed by atoms with Gasteiger partial charge >= 0.3 is 0 Å². The SMILES string of the molecule is COc1ccc(-c2noc(CN3CCN(CCCCC#N)CC3)n2)cc1. The average molecular weight is 355 g/mol. The Kier molecular flexibility index (Phi) is 6.58. The fourth-order valence-electron chi connectivity index (χ4n) is 3.08. The van der Waals surface area contributed by atoms with Crippen LogP contribution >= 0.6 is 0 Å². The Morgan fingerprint density at radius 1 is 1.12 bits per heavy atom. The topological polar surface area (TPSA) is 78.4 Å². The van der Waals surface area contributed by atoms with Crippen LogP contribution in [0.25, 0.3) is 11.4 Å². The van der Waals surface area contributed by atoms with Gasteiger partial charge in [0.25, 0.3) is 0 Å². The van der Waals surface area contributed by atoms with E-state index in [1.54, 1.807) is 7.11 Å². The van der Waals surface area contributed by atoms with Crippen molar-refractivity contribution < 1.29 is 9.26 Å². The molecule has 0 bridgehead atoms. The van der Waals surface area contributed by atoms with E-state index in [2.05, 4.69) is 26.0 Å². The molecule has 0 aliphatic carbocycles. The van der Waals surface area contributed by atoms with Crippen LogP contribution in [0.2, 0.25) is 0 Å². The van der Waals surface area contributed by atoms with E-state index in [0.29, 0.717) is 24.7 Å². The van der Waals surface area contributed by atoms with Gasteiger partial charge in [-0.2, -0.15) is 10.2 Å². The number of unbranched alkanes of at least 4 members (excludes halogenated alkanes) is 2. The van der Waals surface area contributed by atoms with Crippen LogP contribution in [-0.4, -0.2) is 59.8 Å². The molecule has 2 heterocycles. The highest BCUT2D eigenvalue weighted by Gasteiger charge is 2.19. The van der Waals surface area contributed by atoms with E-state index >= 15 is 0 Å². The summed E-state index contributed by atoms with van der Waals surface area (Å²) < 4.78 is 10.6. The molecule has 0 amide bonds. The largest absolute Gasteiger partial charge is 0.497 e. The summed E-state index contributed by atoms with van der Waals surface area (Å²) in [6.45, 7) is 5.86. The molecular formula is C19H25N5O2. The van der Waals surface area contributed by atoms with Gasteiger partial charge in [0.15, 0.2) is 0 Å². The van der Waals surface area contributed by atoms with Crippen LogP contribution in [0.1, 0.15) is 25.2 Å². The van der Waals surface area contributed by atoms with Crippen molar-refractivity contribution in [2.45, 2.75) is 25.8 Å². The minimum absolute atomic E-state index is 0.610. The number of ether oxygens (including phenoxy) is 1. The van der Waals surface area contributed by atoms with E-state index in [9.17, 15) is 0 Å². The lowest BCUT2D eigenvalue weighted by Crippen LogP contribution is -2.46. The molecule has 0 saturated carbocycles. The fraction of sp³-hybridized carbons (Fsp3) is 0.526. The number of hydrogen-bond donors (Lipinski definition) is 0. The molecule has 0 atom stereocenters. The van der Waals surface area contributed by atoms with E-state index in [1.165, 1.54) is 0 Å².